The average molecular weight is 235 g/mol. The van der Waals surface area contributed by atoms with Gasteiger partial charge in [0, 0.05) is 0 Å². The Labute approximate surface area is 101 Å². The van der Waals surface area contributed by atoms with Crippen molar-refractivity contribution in [2.75, 3.05) is 0 Å². The summed E-state index contributed by atoms with van der Waals surface area (Å²) in [6, 6.07) is 9.48. The number of amides is 1. The van der Waals surface area contributed by atoms with E-state index in [1.807, 2.05) is 37.3 Å². The molecule has 1 aromatic carbocycles. The van der Waals surface area contributed by atoms with Crippen molar-refractivity contribution in [3.8, 4) is 0 Å². The highest BCUT2D eigenvalue weighted by Gasteiger charge is 2.15. The second-order valence-corrected chi connectivity index (χ2v) is 3.89. The van der Waals surface area contributed by atoms with Gasteiger partial charge < -0.3 is 10.4 Å². The van der Waals surface area contributed by atoms with E-state index in [2.05, 4.69) is 5.32 Å². The molecule has 1 amide bonds. The second-order valence-electron chi connectivity index (χ2n) is 3.89. The molecule has 1 aromatic rings. The van der Waals surface area contributed by atoms with Gasteiger partial charge in [-0.3, -0.25) is 9.59 Å². The molecule has 0 bridgehead atoms. The Morgan fingerprint density at radius 2 is 1.94 bits per heavy atom. The topological polar surface area (TPSA) is 66.4 Å². The molecule has 0 fully saturated rings. The molecule has 0 aliphatic heterocycles. The summed E-state index contributed by atoms with van der Waals surface area (Å²) in [4.78, 5) is 21.8. The number of benzene rings is 1. The Balaban J connectivity index is 2.67. The highest BCUT2D eigenvalue weighted by atomic mass is 16.4. The molecular weight excluding hydrogens is 218 g/mol. The minimum absolute atomic E-state index is 0.104. The van der Waals surface area contributed by atoms with Gasteiger partial charge in [0.05, 0.1) is 6.04 Å². The number of hydrogen-bond acceptors (Lipinski definition) is 2. The van der Waals surface area contributed by atoms with Crippen LogP contribution in [0.4, 0.5) is 0 Å². The molecule has 1 atom stereocenters. The molecule has 17 heavy (non-hydrogen) atoms. The van der Waals surface area contributed by atoms with E-state index in [4.69, 9.17) is 5.11 Å². The summed E-state index contributed by atoms with van der Waals surface area (Å²) in [6.45, 7) is 2.03. The molecule has 0 aromatic heterocycles. The van der Waals surface area contributed by atoms with Gasteiger partial charge in [-0.1, -0.05) is 43.7 Å². The first-order chi connectivity index (χ1) is 8.13. The molecule has 0 heterocycles. The van der Waals surface area contributed by atoms with Crippen LogP contribution in [-0.4, -0.2) is 17.0 Å². The fourth-order valence-electron chi connectivity index (χ4n) is 1.68. The summed E-state index contributed by atoms with van der Waals surface area (Å²) in [5.41, 5.74) is 1.01. The average Bonchev–Trinajstić information content (AvgIpc) is 2.28. The Morgan fingerprint density at radius 1 is 1.29 bits per heavy atom. The molecule has 0 saturated heterocycles. The van der Waals surface area contributed by atoms with E-state index in [-0.39, 0.29) is 6.04 Å². The summed E-state index contributed by atoms with van der Waals surface area (Å²) in [5, 5.41) is 11.3. The Kier molecular flexibility index (Phi) is 5.20. The van der Waals surface area contributed by atoms with E-state index in [9.17, 15) is 9.59 Å². The van der Waals surface area contributed by atoms with Crippen molar-refractivity contribution in [3.05, 3.63) is 35.9 Å². The third-order valence-electron chi connectivity index (χ3n) is 2.43. The van der Waals surface area contributed by atoms with Gasteiger partial charge in [-0.05, 0) is 12.0 Å². The van der Waals surface area contributed by atoms with E-state index >= 15 is 0 Å². The first-order valence-corrected chi connectivity index (χ1v) is 5.69. The largest absolute Gasteiger partial charge is 0.481 e. The standard InChI is InChI=1S/C13H17NO3/c1-2-6-11(10-7-4-3-5-8-10)14-12(15)9-13(16)17/h3-5,7-8,11H,2,6,9H2,1H3,(H,14,15)(H,16,17). The van der Waals surface area contributed by atoms with E-state index in [0.29, 0.717) is 0 Å². The molecular formula is C13H17NO3. The van der Waals surface area contributed by atoms with Crippen molar-refractivity contribution in [1.29, 1.82) is 0 Å². The first-order valence-electron chi connectivity index (χ1n) is 5.69. The zero-order valence-corrected chi connectivity index (χ0v) is 9.85. The maximum absolute atomic E-state index is 11.4. The van der Waals surface area contributed by atoms with E-state index in [0.717, 1.165) is 18.4 Å². The number of carboxylic acids is 1. The van der Waals surface area contributed by atoms with E-state index in [1.54, 1.807) is 0 Å². The third-order valence-corrected chi connectivity index (χ3v) is 2.43. The fraction of sp³-hybridized carbons (Fsp3) is 0.385. The van der Waals surface area contributed by atoms with Crippen LogP contribution < -0.4 is 5.32 Å². The Bertz CT molecular complexity index is 376. The van der Waals surface area contributed by atoms with Crippen molar-refractivity contribution in [2.45, 2.75) is 32.2 Å². The molecule has 0 aliphatic carbocycles. The number of rotatable bonds is 6. The quantitative estimate of drug-likeness (QED) is 0.742. The molecule has 4 heteroatoms. The highest BCUT2D eigenvalue weighted by Crippen LogP contribution is 2.17. The Hall–Kier alpha value is -1.84. The van der Waals surface area contributed by atoms with Crippen LogP contribution in [0.25, 0.3) is 0 Å². The summed E-state index contributed by atoms with van der Waals surface area (Å²) >= 11 is 0. The molecule has 4 nitrogen and oxygen atoms in total. The van der Waals surface area contributed by atoms with Crippen LogP contribution in [0, 0.1) is 0 Å². The molecule has 2 N–H and O–H groups in total. The molecule has 1 unspecified atom stereocenters. The number of carbonyl (C=O) groups excluding carboxylic acids is 1. The zero-order chi connectivity index (χ0) is 12.7. The number of carbonyl (C=O) groups is 2. The summed E-state index contributed by atoms with van der Waals surface area (Å²) in [5.74, 6) is -1.55. The molecule has 92 valence electrons. The van der Waals surface area contributed by atoms with Gasteiger partial charge in [0.25, 0.3) is 0 Å². The van der Waals surface area contributed by atoms with Crippen LogP contribution in [0.15, 0.2) is 30.3 Å². The first kappa shape index (κ1) is 13.2. The predicted molar refractivity (Wildman–Crippen MR) is 64.5 cm³/mol. The van der Waals surface area contributed by atoms with Crippen LogP contribution in [-0.2, 0) is 9.59 Å². The van der Waals surface area contributed by atoms with E-state index in [1.165, 1.54) is 0 Å². The minimum atomic E-state index is -1.11. The third kappa shape index (κ3) is 4.68. The van der Waals surface area contributed by atoms with Gasteiger partial charge in [-0.15, -0.1) is 0 Å². The van der Waals surface area contributed by atoms with Gasteiger partial charge in [0.2, 0.25) is 5.91 Å². The molecule has 1 rings (SSSR count). The lowest BCUT2D eigenvalue weighted by atomic mass is 10.0. The maximum Gasteiger partial charge on any atom is 0.312 e. The summed E-state index contributed by atoms with van der Waals surface area (Å²) in [6.07, 6.45) is 1.25. The fourth-order valence-corrected chi connectivity index (χ4v) is 1.68. The number of hydrogen-bond donors (Lipinski definition) is 2. The second kappa shape index (κ2) is 6.68. The minimum Gasteiger partial charge on any atom is -0.481 e. The SMILES string of the molecule is CCCC(NC(=O)CC(=O)O)c1ccccc1. The molecule has 0 radical (unpaired) electrons. The lowest BCUT2D eigenvalue weighted by molar-refractivity contribution is -0.140. The molecule has 0 saturated carbocycles. The maximum atomic E-state index is 11.4. The molecule has 0 aliphatic rings. The van der Waals surface area contributed by atoms with Crippen molar-refractivity contribution in [1.82, 2.24) is 5.32 Å². The number of aliphatic carboxylic acids is 1. The van der Waals surface area contributed by atoms with Crippen LogP contribution in [0.2, 0.25) is 0 Å². The normalized spacial score (nSPS) is 11.8. The summed E-state index contributed by atoms with van der Waals surface area (Å²) in [7, 11) is 0. The monoisotopic (exact) mass is 235 g/mol. The van der Waals surface area contributed by atoms with Gasteiger partial charge in [-0.2, -0.15) is 0 Å². The van der Waals surface area contributed by atoms with Crippen LogP contribution >= 0.6 is 0 Å². The smallest absolute Gasteiger partial charge is 0.312 e. The lowest BCUT2D eigenvalue weighted by Crippen LogP contribution is -2.30. The Morgan fingerprint density at radius 3 is 2.47 bits per heavy atom. The zero-order valence-electron chi connectivity index (χ0n) is 9.85. The van der Waals surface area contributed by atoms with Gasteiger partial charge in [-0.25, -0.2) is 0 Å². The van der Waals surface area contributed by atoms with E-state index < -0.39 is 18.3 Å². The van der Waals surface area contributed by atoms with Crippen LogP contribution in [0.5, 0.6) is 0 Å². The van der Waals surface area contributed by atoms with Crippen molar-refractivity contribution in [3.63, 3.8) is 0 Å². The lowest BCUT2D eigenvalue weighted by Gasteiger charge is -2.18. The van der Waals surface area contributed by atoms with Gasteiger partial charge in [0.1, 0.15) is 6.42 Å². The van der Waals surface area contributed by atoms with Crippen molar-refractivity contribution in [2.24, 2.45) is 0 Å². The molecule has 0 spiro atoms. The van der Waals surface area contributed by atoms with Crippen molar-refractivity contribution < 1.29 is 14.7 Å². The predicted octanol–water partition coefficient (Wildman–Crippen LogP) is 2.12. The van der Waals surface area contributed by atoms with Crippen molar-refractivity contribution >= 4 is 11.9 Å². The summed E-state index contributed by atoms with van der Waals surface area (Å²) < 4.78 is 0. The highest BCUT2D eigenvalue weighted by molar-refractivity contribution is 5.93. The van der Waals surface area contributed by atoms with Crippen LogP contribution in [0.3, 0.4) is 0 Å². The number of carboxylic acid groups (broad SMARTS) is 1. The van der Waals surface area contributed by atoms with Gasteiger partial charge in [0.15, 0.2) is 0 Å². The van der Waals surface area contributed by atoms with Crippen LogP contribution in [0.1, 0.15) is 37.8 Å². The number of nitrogens with one attached hydrogen (secondary N) is 1. The van der Waals surface area contributed by atoms with Gasteiger partial charge >= 0.3 is 5.97 Å².